The first-order valence-corrected chi connectivity index (χ1v) is 3.66. The van der Waals surface area contributed by atoms with Gasteiger partial charge in [-0.15, -0.1) is 6.42 Å². The summed E-state index contributed by atoms with van der Waals surface area (Å²) in [5.41, 5.74) is 0.371. The lowest BCUT2D eigenvalue weighted by Gasteiger charge is -2.18. The minimum atomic E-state index is -4.35. The molecule has 0 rings (SSSR count). The molecule has 74 valence electrons. The van der Waals surface area contributed by atoms with Gasteiger partial charge in [0.25, 0.3) is 0 Å². The van der Waals surface area contributed by atoms with Gasteiger partial charge in [0, 0.05) is 5.57 Å². The highest BCUT2D eigenvalue weighted by Gasteiger charge is 2.38. The highest BCUT2D eigenvalue weighted by Crippen LogP contribution is 2.24. The third-order valence-corrected chi connectivity index (χ3v) is 1.56. The quantitative estimate of drug-likeness (QED) is 0.483. The van der Waals surface area contributed by atoms with E-state index in [-0.39, 0.29) is 5.76 Å². The van der Waals surface area contributed by atoms with Crippen LogP contribution in [0.4, 0.5) is 13.2 Å². The van der Waals surface area contributed by atoms with Crippen molar-refractivity contribution < 1.29 is 17.9 Å². The van der Waals surface area contributed by atoms with Crippen molar-refractivity contribution >= 4 is 0 Å². The summed E-state index contributed by atoms with van der Waals surface area (Å²) in [7, 11) is 0. The summed E-state index contributed by atoms with van der Waals surface area (Å²) in [6.07, 6.45) is -1.19. The molecule has 0 aromatic heterocycles. The molecule has 0 heterocycles. The Morgan fingerprint density at radius 1 is 1.38 bits per heavy atom. The lowest BCUT2D eigenvalue weighted by atomic mass is 10.3. The maximum absolute atomic E-state index is 12.0. The van der Waals surface area contributed by atoms with E-state index < -0.39 is 12.3 Å². The minimum Gasteiger partial charge on any atom is -0.485 e. The third-order valence-electron chi connectivity index (χ3n) is 1.56. The van der Waals surface area contributed by atoms with Crippen molar-refractivity contribution in [3.8, 4) is 12.3 Å². The van der Waals surface area contributed by atoms with Gasteiger partial charge in [0.1, 0.15) is 5.76 Å². The zero-order chi connectivity index (χ0) is 10.6. The van der Waals surface area contributed by atoms with Crippen LogP contribution in [0.5, 0.6) is 0 Å². The molecule has 0 aliphatic carbocycles. The van der Waals surface area contributed by atoms with E-state index >= 15 is 0 Å². The molecule has 0 radical (unpaired) electrons. The van der Waals surface area contributed by atoms with E-state index in [0.717, 1.165) is 6.92 Å². The standard InChI is InChI=1S/C9H11F3O/c1-5-6(2)7(3)13-8(4)9(10,11)12/h1,8H,2-4H3/b7-6-. The van der Waals surface area contributed by atoms with Gasteiger partial charge in [0.05, 0.1) is 0 Å². The van der Waals surface area contributed by atoms with Gasteiger partial charge < -0.3 is 4.74 Å². The first-order chi connectivity index (χ1) is 5.79. The molecule has 0 aliphatic heterocycles. The molecule has 0 saturated heterocycles. The highest BCUT2D eigenvalue weighted by molar-refractivity contribution is 5.25. The van der Waals surface area contributed by atoms with E-state index in [1.165, 1.54) is 13.8 Å². The molecule has 4 heteroatoms. The molecule has 0 saturated carbocycles. The van der Waals surface area contributed by atoms with E-state index in [1.54, 1.807) is 0 Å². The molecule has 0 spiro atoms. The van der Waals surface area contributed by atoms with Gasteiger partial charge in [0.15, 0.2) is 6.10 Å². The van der Waals surface area contributed by atoms with Crippen LogP contribution < -0.4 is 0 Å². The molecule has 0 N–H and O–H groups in total. The zero-order valence-electron chi connectivity index (χ0n) is 7.70. The summed E-state index contributed by atoms with van der Waals surface area (Å²) in [4.78, 5) is 0. The maximum Gasteiger partial charge on any atom is 0.425 e. The molecular weight excluding hydrogens is 181 g/mol. The topological polar surface area (TPSA) is 9.23 Å². The number of allylic oxidation sites excluding steroid dienone is 2. The van der Waals surface area contributed by atoms with Crippen LogP contribution in [-0.4, -0.2) is 12.3 Å². The first-order valence-electron chi connectivity index (χ1n) is 3.66. The Morgan fingerprint density at radius 3 is 2.15 bits per heavy atom. The Bertz CT molecular complexity index is 245. The van der Waals surface area contributed by atoms with Crippen molar-refractivity contribution in [3.05, 3.63) is 11.3 Å². The van der Waals surface area contributed by atoms with Crippen LogP contribution in [-0.2, 0) is 4.74 Å². The van der Waals surface area contributed by atoms with E-state index in [0.29, 0.717) is 5.57 Å². The minimum absolute atomic E-state index is 0.132. The number of terminal acetylenes is 1. The molecular formula is C9H11F3O. The Hall–Kier alpha value is -1.11. The second-order valence-corrected chi connectivity index (χ2v) is 2.63. The normalized spacial score (nSPS) is 15.8. The molecule has 0 aromatic rings. The third kappa shape index (κ3) is 3.88. The fraction of sp³-hybridized carbons (Fsp3) is 0.556. The molecule has 0 aromatic carbocycles. The monoisotopic (exact) mass is 192 g/mol. The maximum atomic E-state index is 12.0. The molecule has 1 nitrogen and oxygen atoms in total. The number of hydrogen-bond donors (Lipinski definition) is 0. The predicted molar refractivity (Wildman–Crippen MR) is 43.8 cm³/mol. The van der Waals surface area contributed by atoms with Crippen LogP contribution in [0.3, 0.4) is 0 Å². The van der Waals surface area contributed by atoms with E-state index in [4.69, 9.17) is 6.42 Å². The molecule has 0 fully saturated rings. The van der Waals surface area contributed by atoms with Crippen molar-refractivity contribution in [2.45, 2.75) is 33.1 Å². The van der Waals surface area contributed by atoms with Crippen LogP contribution in [0.15, 0.2) is 11.3 Å². The average molecular weight is 192 g/mol. The van der Waals surface area contributed by atoms with Crippen LogP contribution >= 0.6 is 0 Å². The largest absolute Gasteiger partial charge is 0.485 e. The fourth-order valence-electron chi connectivity index (χ4n) is 0.522. The van der Waals surface area contributed by atoms with Gasteiger partial charge in [-0.3, -0.25) is 0 Å². The van der Waals surface area contributed by atoms with E-state index in [2.05, 4.69) is 10.7 Å². The SMILES string of the molecule is C#C/C(C)=C(/C)OC(C)C(F)(F)F. The molecule has 0 amide bonds. The smallest absolute Gasteiger partial charge is 0.425 e. The van der Waals surface area contributed by atoms with Gasteiger partial charge in [-0.1, -0.05) is 5.92 Å². The second-order valence-electron chi connectivity index (χ2n) is 2.63. The molecule has 1 atom stereocenters. The van der Waals surface area contributed by atoms with Gasteiger partial charge >= 0.3 is 6.18 Å². The highest BCUT2D eigenvalue weighted by atomic mass is 19.4. The zero-order valence-corrected chi connectivity index (χ0v) is 7.70. The van der Waals surface area contributed by atoms with Gasteiger partial charge in [-0.05, 0) is 20.8 Å². The molecule has 0 bridgehead atoms. The van der Waals surface area contributed by atoms with E-state index in [1.807, 2.05) is 0 Å². The lowest BCUT2D eigenvalue weighted by molar-refractivity contribution is -0.203. The summed E-state index contributed by atoms with van der Waals surface area (Å²) >= 11 is 0. The van der Waals surface area contributed by atoms with Crippen LogP contribution in [0, 0.1) is 12.3 Å². The summed E-state index contributed by atoms with van der Waals surface area (Å²) in [5, 5.41) is 0. The molecule has 0 aliphatic rings. The summed E-state index contributed by atoms with van der Waals surface area (Å²) in [5.74, 6) is 2.34. The Kier molecular flexibility index (Phi) is 3.86. The number of rotatable bonds is 2. The summed E-state index contributed by atoms with van der Waals surface area (Å²) in [6, 6.07) is 0. The second kappa shape index (κ2) is 4.22. The Morgan fingerprint density at radius 2 is 1.85 bits per heavy atom. The van der Waals surface area contributed by atoms with Crippen molar-refractivity contribution in [2.75, 3.05) is 0 Å². The Labute approximate surface area is 75.6 Å². The van der Waals surface area contributed by atoms with Crippen molar-refractivity contribution in [3.63, 3.8) is 0 Å². The van der Waals surface area contributed by atoms with Crippen LogP contribution in [0.2, 0.25) is 0 Å². The van der Waals surface area contributed by atoms with Crippen LogP contribution in [0.1, 0.15) is 20.8 Å². The summed E-state index contributed by atoms with van der Waals surface area (Å²) < 4.78 is 40.5. The van der Waals surface area contributed by atoms with Crippen LogP contribution in [0.25, 0.3) is 0 Å². The van der Waals surface area contributed by atoms with E-state index in [9.17, 15) is 13.2 Å². The van der Waals surface area contributed by atoms with Gasteiger partial charge in [-0.2, -0.15) is 13.2 Å². The first kappa shape index (κ1) is 11.9. The lowest BCUT2D eigenvalue weighted by Crippen LogP contribution is -2.28. The average Bonchev–Trinajstić information content (AvgIpc) is 2.01. The number of halogens is 3. The number of hydrogen-bond acceptors (Lipinski definition) is 1. The van der Waals surface area contributed by atoms with Gasteiger partial charge in [-0.25, -0.2) is 0 Å². The number of ether oxygens (including phenoxy) is 1. The fourth-order valence-corrected chi connectivity index (χ4v) is 0.522. The van der Waals surface area contributed by atoms with Gasteiger partial charge in [0.2, 0.25) is 0 Å². The summed E-state index contributed by atoms with van der Waals surface area (Å²) in [6.45, 7) is 3.88. The predicted octanol–water partition coefficient (Wildman–Crippen LogP) is 2.88. The van der Waals surface area contributed by atoms with Crippen molar-refractivity contribution in [1.82, 2.24) is 0 Å². The molecule has 13 heavy (non-hydrogen) atoms. The van der Waals surface area contributed by atoms with Crippen molar-refractivity contribution in [1.29, 1.82) is 0 Å². The Balaban J connectivity index is 4.41. The molecule has 1 unspecified atom stereocenters. The van der Waals surface area contributed by atoms with Crippen molar-refractivity contribution in [2.24, 2.45) is 0 Å². The number of alkyl halides is 3.